The maximum atomic E-state index is 12.5. The molecule has 0 bridgehead atoms. The molecule has 1 aromatic rings. The lowest BCUT2D eigenvalue weighted by Crippen LogP contribution is -2.54. The maximum absolute atomic E-state index is 12.5. The molecule has 116 valence electrons. The van der Waals surface area contributed by atoms with Gasteiger partial charge in [-0.05, 0) is 50.7 Å². The summed E-state index contributed by atoms with van der Waals surface area (Å²) in [6.07, 6.45) is 6.34. The molecule has 1 heterocycles. The van der Waals surface area contributed by atoms with Crippen LogP contribution in [-0.4, -0.2) is 22.5 Å². The van der Waals surface area contributed by atoms with Gasteiger partial charge in [-0.3, -0.25) is 4.79 Å². The van der Waals surface area contributed by atoms with Crippen molar-refractivity contribution < 1.29 is 10.0 Å². The van der Waals surface area contributed by atoms with Crippen molar-refractivity contribution in [1.29, 1.82) is 0 Å². The Morgan fingerprint density at radius 3 is 2.86 bits per heavy atom. The van der Waals surface area contributed by atoms with Crippen molar-refractivity contribution in [1.82, 2.24) is 5.32 Å². The number of nitrogens with zero attached hydrogens (tertiary/aromatic N) is 1. The van der Waals surface area contributed by atoms with Crippen molar-refractivity contribution in [3.05, 3.63) is 21.4 Å². The van der Waals surface area contributed by atoms with Crippen LogP contribution in [0.1, 0.15) is 59.6 Å². The Balaban J connectivity index is 2.17. The minimum absolute atomic E-state index is 0.0245. The van der Waals surface area contributed by atoms with Crippen LogP contribution in [0.25, 0.3) is 0 Å². The van der Waals surface area contributed by atoms with Crippen LogP contribution in [-0.2, 0) is 12.8 Å². The third-order valence-corrected chi connectivity index (χ3v) is 5.48. The van der Waals surface area contributed by atoms with Gasteiger partial charge in [0.2, 0.25) is 0 Å². The van der Waals surface area contributed by atoms with E-state index in [1.807, 2.05) is 13.0 Å². The topological polar surface area (TPSA) is 87.7 Å². The third-order valence-electron chi connectivity index (χ3n) is 4.24. The van der Waals surface area contributed by atoms with Crippen LogP contribution in [0.15, 0.2) is 11.2 Å². The fourth-order valence-electron chi connectivity index (χ4n) is 2.54. The Bertz CT molecular complexity index is 530. The first-order valence-corrected chi connectivity index (χ1v) is 8.24. The Morgan fingerprint density at radius 1 is 1.48 bits per heavy atom. The summed E-state index contributed by atoms with van der Waals surface area (Å²) in [7, 11) is 0. The van der Waals surface area contributed by atoms with Gasteiger partial charge in [0.15, 0.2) is 5.84 Å². The zero-order valence-corrected chi connectivity index (χ0v) is 13.4. The van der Waals surface area contributed by atoms with Crippen molar-refractivity contribution in [2.45, 2.75) is 57.9 Å². The summed E-state index contributed by atoms with van der Waals surface area (Å²) in [4.78, 5) is 14.5. The lowest BCUT2D eigenvalue weighted by Gasteiger charge is -2.27. The largest absolute Gasteiger partial charge is 0.409 e. The molecule has 6 heteroatoms. The van der Waals surface area contributed by atoms with E-state index in [1.165, 1.54) is 29.7 Å². The number of hydrogen-bond donors (Lipinski definition) is 3. The van der Waals surface area contributed by atoms with E-state index in [4.69, 9.17) is 10.9 Å². The number of aryl methyl sites for hydroxylation is 2. The van der Waals surface area contributed by atoms with Crippen molar-refractivity contribution in [3.63, 3.8) is 0 Å². The molecule has 0 fully saturated rings. The molecule has 1 unspecified atom stereocenters. The number of hydrogen-bond acceptors (Lipinski definition) is 4. The van der Waals surface area contributed by atoms with Crippen LogP contribution in [0.2, 0.25) is 0 Å². The zero-order chi connectivity index (χ0) is 15.5. The molecule has 1 aliphatic carbocycles. The second-order valence-electron chi connectivity index (χ2n) is 5.74. The Hall–Kier alpha value is -1.56. The van der Waals surface area contributed by atoms with E-state index in [9.17, 15) is 4.79 Å². The van der Waals surface area contributed by atoms with Crippen LogP contribution in [0.5, 0.6) is 0 Å². The molecule has 0 aliphatic heterocycles. The highest BCUT2D eigenvalue weighted by atomic mass is 32.1. The van der Waals surface area contributed by atoms with Gasteiger partial charge in [-0.2, -0.15) is 0 Å². The standard InChI is InChI=1S/C15H23N3O2S/c1-3-15(2,14(16)18-20)17-13(19)12-9-10-7-5-4-6-8-11(10)21-12/h9,20H,3-8H2,1-2H3,(H2,16,18)(H,17,19). The van der Waals surface area contributed by atoms with Crippen LogP contribution < -0.4 is 11.1 Å². The molecular formula is C15H23N3O2S. The van der Waals surface area contributed by atoms with Gasteiger partial charge in [-0.25, -0.2) is 0 Å². The van der Waals surface area contributed by atoms with Crippen molar-refractivity contribution in [2.24, 2.45) is 10.9 Å². The van der Waals surface area contributed by atoms with Crippen molar-refractivity contribution in [3.8, 4) is 0 Å². The van der Waals surface area contributed by atoms with Crippen LogP contribution in [0.4, 0.5) is 0 Å². The molecule has 0 radical (unpaired) electrons. The Labute approximate surface area is 129 Å². The summed E-state index contributed by atoms with van der Waals surface area (Å²) in [6.45, 7) is 3.65. The summed E-state index contributed by atoms with van der Waals surface area (Å²) in [6, 6.07) is 2.00. The first-order valence-electron chi connectivity index (χ1n) is 7.42. The average Bonchev–Trinajstić information content (AvgIpc) is 2.77. The first-order chi connectivity index (χ1) is 10.00. The van der Waals surface area contributed by atoms with E-state index in [1.54, 1.807) is 18.3 Å². The molecule has 0 spiro atoms. The maximum Gasteiger partial charge on any atom is 0.262 e. The van der Waals surface area contributed by atoms with E-state index in [0.29, 0.717) is 11.3 Å². The third kappa shape index (κ3) is 3.37. The number of thiophene rings is 1. The molecule has 1 amide bonds. The summed E-state index contributed by atoms with van der Waals surface area (Å²) in [5.41, 5.74) is 6.18. The first kappa shape index (κ1) is 15.8. The van der Waals surface area contributed by atoms with Gasteiger partial charge in [-0.15, -0.1) is 11.3 Å². The molecule has 0 saturated carbocycles. The predicted molar refractivity (Wildman–Crippen MR) is 85.1 cm³/mol. The van der Waals surface area contributed by atoms with Gasteiger partial charge >= 0.3 is 0 Å². The number of carbonyl (C=O) groups is 1. The fourth-order valence-corrected chi connectivity index (χ4v) is 3.68. The van der Waals surface area contributed by atoms with Crippen LogP contribution in [0, 0.1) is 0 Å². The highest BCUT2D eigenvalue weighted by molar-refractivity contribution is 7.14. The molecule has 0 aromatic carbocycles. The van der Waals surface area contributed by atoms with E-state index in [-0.39, 0.29) is 11.7 Å². The number of nitrogens with one attached hydrogen (secondary N) is 1. The minimum atomic E-state index is -0.826. The van der Waals surface area contributed by atoms with Crippen LogP contribution in [0.3, 0.4) is 0 Å². The van der Waals surface area contributed by atoms with Gasteiger partial charge in [0, 0.05) is 4.88 Å². The van der Waals surface area contributed by atoms with Gasteiger partial charge in [0.25, 0.3) is 5.91 Å². The molecule has 21 heavy (non-hydrogen) atoms. The van der Waals surface area contributed by atoms with Gasteiger partial charge in [0.1, 0.15) is 0 Å². The second-order valence-corrected chi connectivity index (χ2v) is 6.88. The smallest absolute Gasteiger partial charge is 0.262 e. The number of carbonyl (C=O) groups excluding carboxylic acids is 1. The number of rotatable bonds is 4. The molecule has 2 rings (SSSR count). The Kier molecular flexibility index (Phi) is 4.88. The normalized spacial score (nSPS) is 18.5. The molecular weight excluding hydrogens is 286 g/mol. The summed E-state index contributed by atoms with van der Waals surface area (Å²) in [5, 5.41) is 14.8. The van der Waals surface area contributed by atoms with Crippen molar-refractivity contribution in [2.75, 3.05) is 0 Å². The number of amides is 1. The Morgan fingerprint density at radius 2 is 2.19 bits per heavy atom. The van der Waals surface area contributed by atoms with Crippen molar-refractivity contribution >= 4 is 23.1 Å². The number of fused-ring (bicyclic) bond motifs is 1. The minimum Gasteiger partial charge on any atom is -0.409 e. The monoisotopic (exact) mass is 309 g/mol. The van der Waals surface area contributed by atoms with E-state index >= 15 is 0 Å². The SMILES string of the molecule is CCC(C)(NC(=O)c1cc2c(s1)CCCCC2)/C(N)=N/O. The van der Waals surface area contributed by atoms with Crippen LogP contribution >= 0.6 is 11.3 Å². The number of oxime groups is 1. The van der Waals surface area contributed by atoms with E-state index in [0.717, 1.165) is 12.8 Å². The van der Waals surface area contributed by atoms with E-state index < -0.39 is 5.54 Å². The summed E-state index contributed by atoms with van der Waals surface area (Å²) >= 11 is 1.57. The van der Waals surface area contributed by atoms with Gasteiger partial charge < -0.3 is 16.3 Å². The van der Waals surface area contributed by atoms with Gasteiger partial charge in [-0.1, -0.05) is 18.5 Å². The molecule has 5 nitrogen and oxygen atoms in total. The summed E-state index contributed by atoms with van der Waals surface area (Å²) in [5.74, 6) is -0.125. The lowest BCUT2D eigenvalue weighted by molar-refractivity contribution is 0.0929. The molecule has 4 N–H and O–H groups in total. The molecule has 0 saturated heterocycles. The zero-order valence-electron chi connectivity index (χ0n) is 12.6. The predicted octanol–water partition coefficient (Wildman–Crippen LogP) is 2.66. The van der Waals surface area contributed by atoms with E-state index in [2.05, 4.69) is 10.5 Å². The quantitative estimate of drug-likeness (QED) is 0.263. The highest BCUT2D eigenvalue weighted by Gasteiger charge is 2.30. The molecule has 1 atom stereocenters. The molecule has 1 aromatic heterocycles. The number of amidine groups is 1. The average molecular weight is 309 g/mol. The lowest BCUT2D eigenvalue weighted by atomic mass is 9.97. The van der Waals surface area contributed by atoms with Gasteiger partial charge in [0.05, 0.1) is 10.4 Å². The second kappa shape index (κ2) is 6.47. The molecule has 1 aliphatic rings. The fraction of sp³-hybridized carbons (Fsp3) is 0.600. The highest BCUT2D eigenvalue weighted by Crippen LogP contribution is 2.29. The number of nitrogens with two attached hydrogens (primary N) is 1. The summed E-state index contributed by atoms with van der Waals surface area (Å²) < 4.78 is 0.